The van der Waals surface area contributed by atoms with Crippen molar-refractivity contribution in [1.29, 1.82) is 0 Å². The summed E-state index contributed by atoms with van der Waals surface area (Å²) in [6, 6.07) is 5.16. The molecule has 1 saturated carbocycles. The van der Waals surface area contributed by atoms with E-state index in [-0.39, 0.29) is 17.6 Å². The number of hydrogen-bond acceptors (Lipinski definition) is 4. The van der Waals surface area contributed by atoms with Gasteiger partial charge in [-0.15, -0.1) is 0 Å². The van der Waals surface area contributed by atoms with E-state index < -0.39 is 6.10 Å². The molecule has 1 aliphatic heterocycles. The molecule has 1 heterocycles. The van der Waals surface area contributed by atoms with Crippen LogP contribution in [0.3, 0.4) is 0 Å². The van der Waals surface area contributed by atoms with Crippen molar-refractivity contribution in [1.82, 2.24) is 0 Å². The number of ketones is 1. The third-order valence-corrected chi connectivity index (χ3v) is 6.01. The number of ether oxygens (including phenoxy) is 1. The fraction of sp³-hybridized carbons (Fsp3) is 0.450. The van der Waals surface area contributed by atoms with Crippen LogP contribution in [0.15, 0.2) is 33.8 Å². The van der Waals surface area contributed by atoms with Crippen LogP contribution in [0.25, 0.3) is 0 Å². The van der Waals surface area contributed by atoms with Crippen molar-refractivity contribution in [3.63, 3.8) is 0 Å². The average molecular weight is 418 g/mol. The van der Waals surface area contributed by atoms with E-state index in [2.05, 4.69) is 15.9 Å². The fourth-order valence-electron chi connectivity index (χ4n) is 4.02. The minimum Gasteiger partial charge on any atom is -0.481 e. The minimum atomic E-state index is -0.465. The molecule has 6 heteroatoms. The van der Waals surface area contributed by atoms with Gasteiger partial charge in [-0.3, -0.25) is 14.4 Å². The molecule has 2 aliphatic carbocycles. The van der Waals surface area contributed by atoms with Gasteiger partial charge >= 0.3 is 0 Å². The number of benzene rings is 1. The average Bonchev–Trinajstić information content (AvgIpc) is 3.07. The van der Waals surface area contributed by atoms with Crippen LogP contribution in [0, 0.1) is 5.92 Å². The number of Topliss-reactive ketones (excluding diaryl/α,β-unsaturated/α-hetero) is 1. The fourth-order valence-corrected chi connectivity index (χ4v) is 4.36. The molecule has 1 aromatic carbocycles. The van der Waals surface area contributed by atoms with E-state index in [1.807, 2.05) is 6.92 Å². The van der Waals surface area contributed by atoms with Gasteiger partial charge in [-0.2, -0.15) is 0 Å². The predicted octanol–water partition coefficient (Wildman–Crippen LogP) is 3.94. The van der Waals surface area contributed by atoms with Gasteiger partial charge in [-0.25, -0.2) is 4.90 Å². The number of carbonyl (C=O) groups excluding carboxylic acids is 3. The van der Waals surface area contributed by atoms with Gasteiger partial charge in [-0.1, -0.05) is 6.92 Å². The highest BCUT2D eigenvalue weighted by Gasteiger charge is 2.40. The van der Waals surface area contributed by atoms with Gasteiger partial charge in [0.15, 0.2) is 11.9 Å². The Morgan fingerprint density at radius 2 is 1.73 bits per heavy atom. The Balaban J connectivity index is 1.62. The highest BCUT2D eigenvalue weighted by Crippen LogP contribution is 2.39. The largest absolute Gasteiger partial charge is 0.481 e. The van der Waals surface area contributed by atoms with Crippen LogP contribution >= 0.6 is 15.9 Å². The van der Waals surface area contributed by atoms with Gasteiger partial charge in [0.25, 0.3) is 11.8 Å². The molecular formula is C20H20BrNO4. The summed E-state index contributed by atoms with van der Waals surface area (Å²) >= 11 is 3.44. The zero-order valence-corrected chi connectivity index (χ0v) is 16.2. The Kier molecular flexibility index (Phi) is 4.47. The molecule has 0 saturated heterocycles. The molecule has 2 unspecified atom stereocenters. The molecule has 0 aromatic heterocycles. The predicted molar refractivity (Wildman–Crippen MR) is 100.0 cm³/mol. The van der Waals surface area contributed by atoms with Crippen LogP contribution in [0.1, 0.15) is 45.4 Å². The van der Waals surface area contributed by atoms with Crippen molar-refractivity contribution in [2.45, 2.75) is 51.6 Å². The van der Waals surface area contributed by atoms with Gasteiger partial charge in [0.2, 0.25) is 0 Å². The molecule has 0 radical (unpaired) electrons. The summed E-state index contributed by atoms with van der Waals surface area (Å²) < 4.78 is 6.62. The number of nitrogens with zero attached hydrogens (tertiary/aromatic N) is 1. The van der Waals surface area contributed by atoms with Crippen LogP contribution < -0.4 is 9.64 Å². The van der Waals surface area contributed by atoms with Gasteiger partial charge in [0.1, 0.15) is 5.75 Å². The Bertz CT molecular complexity index is 816. The Morgan fingerprint density at radius 3 is 2.31 bits per heavy atom. The molecule has 136 valence electrons. The number of anilines is 1. The van der Waals surface area contributed by atoms with Crippen LogP contribution in [0.5, 0.6) is 5.75 Å². The van der Waals surface area contributed by atoms with Crippen molar-refractivity contribution in [3.05, 3.63) is 33.8 Å². The zero-order chi connectivity index (χ0) is 18.4. The number of imide groups is 1. The summed E-state index contributed by atoms with van der Waals surface area (Å²) in [5, 5.41) is 0. The summed E-state index contributed by atoms with van der Waals surface area (Å²) in [5.41, 5.74) is 1.81. The maximum atomic E-state index is 12.7. The topological polar surface area (TPSA) is 63.7 Å². The first-order valence-corrected chi connectivity index (χ1v) is 9.84. The summed E-state index contributed by atoms with van der Waals surface area (Å²) in [4.78, 5) is 38.7. The Morgan fingerprint density at radius 1 is 1.08 bits per heavy atom. The lowest BCUT2D eigenvalue weighted by molar-refractivity contribution is -0.123. The van der Waals surface area contributed by atoms with E-state index in [1.54, 1.807) is 18.2 Å². The first-order valence-electron chi connectivity index (χ1n) is 9.05. The molecule has 26 heavy (non-hydrogen) atoms. The number of amides is 2. The monoisotopic (exact) mass is 417 g/mol. The maximum Gasteiger partial charge on any atom is 0.261 e. The van der Waals surface area contributed by atoms with Crippen LogP contribution in [-0.2, 0) is 14.4 Å². The number of halogens is 1. The molecule has 1 aromatic rings. The first kappa shape index (κ1) is 17.5. The van der Waals surface area contributed by atoms with Crippen LogP contribution in [0.4, 0.5) is 5.69 Å². The molecule has 3 aliphatic rings. The van der Waals surface area contributed by atoms with Gasteiger partial charge in [-0.05, 0) is 66.1 Å². The SMILES string of the molecule is CC1CC(=O)C(Oc2cc(N3C(=O)C4=C(CCCC4)C3=O)ccc2Br)C1. The lowest BCUT2D eigenvalue weighted by Gasteiger charge is -2.19. The second kappa shape index (κ2) is 6.65. The highest BCUT2D eigenvalue weighted by atomic mass is 79.9. The number of hydrogen-bond donors (Lipinski definition) is 0. The van der Waals surface area contributed by atoms with Crippen LogP contribution in [-0.4, -0.2) is 23.7 Å². The Labute approximate surface area is 160 Å². The van der Waals surface area contributed by atoms with E-state index >= 15 is 0 Å². The second-order valence-electron chi connectivity index (χ2n) is 7.34. The zero-order valence-electron chi connectivity index (χ0n) is 14.6. The van der Waals surface area contributed by atoms with E-state index in [9.17, 15) is 14.4 Å². The van der Waals surface area contributed by atoms with Crippen LogP contribution in [0.2, 0.25) is 0 Å². The molecule has 5 nitrogen and oxygen atoms in total. The molecule has 0 bridgehead atoms. The van der Waals surface area contributed by atoms with Gasteiger partial charge in [0, 0.05) is 23.6 Å². The summed E-state index contributed by atoms with van der Waals surface area (Å²) in [6.45, 7) is 2.03. The molecule has 0 N–H and O–H groups in total. The molecular weight excluding hydrogens is 398 g/mol. The van der Waals surface area contributed by atoms with Gasteiger partial charge < -0.3 is 4.74 Å². The molecule has 1 fully saturated rings. The number of carbonyl (C=O) groups is 3. The van der Waals surface area contributed by atoms with Crippen molar-refractivity contribution in [2.75, 3.05) is 4.90 Å². The summed E-state index contributed by atoms with van der Waals surface area (Å²) in [5.74, 6) is 0.458. The Hall–Kier alpha value is -1.95. The van der Waals surface area contributed by atoms with Gasteiger partial charge in [0.05, 0.1) is 10.2 Å². The highest BCUT2D eigenvalue weighted by molar-refractivity contribution is 9.10. The first-order chi connectivity index (χ1) is 12.5. The normalized spacial score (nSPS) is 25.9. The van der Waals surface area contributed by atoms with E-state index in [0.29, 0.717) is 58.7 Å². The molecule has 2 atom stereocenters. The third kappa shape index (κ3) is 2.90. The smallest absolute Gasteiger partial charge is 0.261 e. The quantitative estimate of drug-likeness (QED) is 0.698. The van der Waals surface area contributed by atoms with Crippen molar-refractivity contribution in [3.8, 4) is 5.75 Å². The molecule has 2 amide bonds. The van der Waals surface area contributed by atoms with Crippen molar-refractivity contribution in [2.24, 2.45) is 5.92 Å². The van der Waals surface area contributed by atoms with E-state index in [1.165, 1.54) is 4.90 Å². The minimum absolute atomic E-state index is 0.0975. The standard InChI is InChI=1S/C20H20BrNO4/c1-11-8-16(23)18(9-11)26-17-10-12(6-7-15(17)21)22-19(24)13-4-2-3-5-14(13)20(22)25/h6-7,10-11,18H,2-5,8-9H2,1H3. The maximum absolute atomic E-state index is 12.7. The third-order valence-electron chi connectivity index (χ3n) is 5.36. The van der Waals surface area contributed by atoms with E-state index in [4.69, 9.17) is 4.74 Å². The lowest BCUT2D eigenvalue weighted by Crippen LogP contribution is -2.31. The summed E-state index contributed by atoms with van der Waals surface area (Å²) in [7, 11) is 0. The lowest BCUT2D eigenvalue weighted by atomic mass is 9.93. The molecule has 4 rings (SSSR count). The van der Waals surface area contributed by atoms with E-state index in [0.717, 1.165) is 12.8 Å². The second-order valence-corrected chi connectivity index (χ2v) is 8.20. The summed E-state index contributed by atoms with van der Waals surface area (Å²) in [6.07, 6.45) is 3.99. The molecule has 0 spiro atoms. The van der Waals surface area contributed by atoms with Crippen molar-refractivity contribution >= 4 is 39.2 Å². The number of rotatable bonds is 3. The van der Waals surface area contributed by atoms with Crippen molar-refractivity contribution < 1.29 is 19.1 Å².